The highest BCUT2D eigenvalue weighted by atomic mass is 79.9. The van der Waals surface area contributed by atoms with E-state index in [9.17, 15) is 9.59 Å². The molecular formula is C10H9BrN2O3S. The van der Waals surface area contributed by atoms with Crippen LogP contribution in [0.2, 0.25) is 0 Å². The third-order valence-corrected chi connectivity index (χ3v) is 3.88. The number of amides is 2. The number of carbonyl (C=O) groups excluding carboxylic acids is 1. The molecule has 3 N–H and O–H groups in total. The van der Waals surface area contributed by atoms with Gasteiger partial charge in [0.25, 0.3) is 0 Å². The molecule has 2 rings (SSSR count). The van der Waals surface area contributed by atoms with E-state index >= 15 is 0 Å². The maximum Gasteiger partial charge on any atom is 0.405 e. The third-order valence-electron chi connectivity index (χ3n) is 2.22. The van der Waals surface area contributed by atoms with Gasteiger partial charge >= 0.3 is 6.09 Å². The lowest BCUT2D eigenvalue weighted by molar-refractivity contribution is -0.117. The fraction of sp³-hybridized carbons (Fsp3) is 0.200. The molecule has 90 valence electrons. The number of thioether (sulfide) groups is 1. The lowest BCUT2D eigenvalue weighted by atomic mass is 10.3. The van der Waals surface area contributed by atoms with Crippen LogP contribution >= 0.6 is 27.7 Å². The zero-order valence-electron chi connectivity index (χ0n) is 8.57. The van der Waals surface area contributed by atoms with Crippen molar-refractivity contribution in [2.75, 3.05) is 11.1 Å². The number of benzene rings is 1. The van der Waals surface area contributed by atoms with E-state index in [-0.39, 0.29) is 5.91 Å². The van der Waals surface area contributed by atoms with Gasteiger partial charge in [0.1, 0.15) is 6.04 Å². The van der Waals surface area contributed by atoms with E-state index in [1.54, 1.807) is 6.07 Å². The summed E-state index contributed by atoms with van der Waals surface area (Å²) in [6.45, 7) is 0. The molecule has 1 aromatic carbocycles. The third kappa shape index (κ3) is 2.92. The van der Waals surface area contributed by atoms with Gasteiger partial charge in [0.15, 0.2) is 0 Å². The first-order chi connectivity index (χ1) is 8.06. The van der Waals surface area contributed by atoms with Gasteiger partial charge in [-0.25, -0.2) is 4.79 Å². The molecular weight excluding hydrogens is 308 g/mol. The molecule has 2 amide bonds. The number of halogens is 1. The molecule has 1 heterocycles. The van der Waals surface area contributed by atoms with Crippen LogP contribution in [0.1, 0.15) is 0 Å². The Balaban J connectivity index is 2.22. The average Bonchev–Trinajstić information content (AvgIpc) is 2.38. The number of hydrogen-bond acceptors (Lipinski definition) is 3. The lowest BCUT2D eigenvalue weighted by Crippen LogP contribution is -2.44. The summed E-state index contributed by atoms with van der Waals surface area (Å²) in [4.78, 5) is 23.2. The topological polar surface area (TPSA) is 78.4 Å². The molecule has 0 fully saturated rings. The van der Waals surface area contributed by atoms with Gasteiger partial charge in [-0.2, -0.15) is 0 Å². The Morgan fingerprint density at radius 1 is 1.59 bits per heavy atom. The van der Waals surface area contributed by atoms with Crippen LogP contribution in [-0.2, 0) is 4.79 Å². The number of carbonyl (C=O) groups is 2. The van der Waals surface area contributed by atoms with Crippen molar-refractivity contribution in [3.8, 4) is 0 Å². The van der Waals surface area contributed by atoms with E-state index in [2.05, 4.69) is 26.6 Å². The van der Waals surface area contributed by atoms with Crippen LogP contribution in [0.4, 0.5) is 10.5 Å². The van der Waals surface area contributed by atoms with Crippen molar-refractivity contribution in [2.24, 2.45) is 0 Å². The van der Waals surface area contributed by atoms with E-state index in [1.807, 2.05) is 12.1 Å². The molecule has 1 aliphatic heterocycles. The van der Waals surface area contributed by atoms with E-state index in [0.29, 0.717) is 11.4 Å². The van der Waals surface area contributed by atoms with Gasteiger partial charge in [0.2, 0.25) is 5.91 Å². The van der Waals surface area contributed by atoms with E-state index < -0.39 is 12.1 Å². The van der Waals surface area contributed by atoms with Crippen molar-refractivity contribution in [1.29, 1.82) is 0 Å². The molecule has 0 saturated carbocycles. The maximum atomic E-state index is 11.8. The number of hydrogen-bond donors (Lipinski definition) is 3. The highest BCUT2D eigenvalue weighted by molar-refractivity contribution is 9.10. The molecule has 0 saturated heterocycles. The molecule has 1 unspecified atom stereocenters. The second kappa shape index (κ2) is 4.97. The van der Waals surface area contributed by atoms with Crippen LogP contribution in [-0.4, -0.2) is 28.9 Å². The maximum absolute atomic E-state index is 11.8. The van der Waals surface area contributed by atoms with Gasteiger partial charge < -0.3 is 15.7 Å². The van der Waals surface area contributed by atoms with E-state index in [4.69, 9.17) is 5.11 Å². The minimum absolute atomic E-state index is 0.336. The van der Waals surface area contributed by atoms with Gasteiger partial charge in [-0.15, -0.1) is 11.8 Å². The molecule has 0 aliphatic carbocycles. The monoisotopic (exact) mass is 316 g/mol. The molecule has 7 heteroatoms. The number of anilines is 1. The minimum Gasteiger partial charge on any atom is -0.465 e. The Hall–Kier alpha value is -1.21. The molecule has 1 atom stereocenters. The van der Waals surface area contributed by atoms with E-state index in [1.165, 1.54) is 11.8 Å². The zero-order valence-corrected chi connectivity index (χ0v) is 11.0. The van der Waals surface area contributed by atoms with Gasteiger partial charge in [-0.05, 0) is 18.2 Å². The summed E-state index contributed by atoms with van der Waals surface area (Å²) in [5.74, 6) is 0.0454. The van der Waals surface area contributed by atoms with Crippen molar-refractivity contribution < 1.29 is 14.7 Å². The van der Waals surface area contributed by atoms with Gasteiger partial charge in [-0.1, -0.05) is 15.9 Å². The summed E-state index contributed by atoms with van der Waals surface area (Å²) < 4.78 is 0.863. The fourth-order valence-corrected chi connectivity index (χ4v) is 2.82. The first-order valence-corrected chi connectivity index (χ1v) is 6.57. The number of rotatable bonds is 1. The van der Waals surface area contributed by atoms with Crippen LogP contribution in [0, 0.1) is 0 Å². The Labute approximate surface area is 110 Å². The van der Waals surface area contributed by atoms with Crippen LogP contribution in [0.3, 0.4) is 0 Å². The smallest absolute Gasteiger partial charge is 0.405 e. The summed E-state index contributed by atoms with van der Waals surface area (Å²) in [5.41, 5.74) is 0.698. The van der Waals surface area contributed by atoms with Crippen molar-refractivity contribution in [3.05, 3.63) is 22.7 Å². The van der Waals surface area contributed by atoms with Crippen molar-refractivity contribution in [2.45, 2.75) is 10.9 Å². The Bertz CT molecular complexity index is 481. The average molecular weight is 317 g/mol. The number of nitrogens with one attached hydrogen (secondary N) is 2. The minimum atomic E-state index is -1.20. The normalized spacial score (nSPS) is 18.9. The molecule has 0 radical (unpaired) electrons. The molecule has 5 nitrogen and oxygen atoms in total. The molecule has 0 bridgehead atoms. The van der Waals surface area contributed by atoms with Gasteiger partial charge in [0, 0.05) is 15.1 Å². The standard InChI is InChI=1S/C10H9BrN2O3S/c11-5-1-2-8-6(3-5)12-9(14)7(4-17-8)13-10(15)16/h1-3,7,13H,4H2,(H,12,14)(H,15,16). The molecule has 1 aliphatic rings. The highest BCUT2D eigenvalue weighted by Gasteiger charge is 2.25. The largest absolute Gasteiger partial charge is 0.465 e. The van der Waals surface area contributed by atoms with Crippen molar-refractivity contribution in [1.82, 2.24) is 5.32 Å². The predicted molar refractivity (Wildman–Crippen MR) is 68.4 cm³/mol. The Kier molecular flexibility index (Phi) is 3.58. The predicted octanol–water partition coefficient (Wildman–Crippen LogP) is 2.13. The summed E-state index contributed by atoms with van der Waals surface area (Å²) in [7, 11) is 0. The second-order valence-electron chi connectivity index (χ2n) is 3.44. The molecule has 17 heavy (non-hydrogen) atoms. The SMILES string of the molecule is O=C(O)NC1CSc2ccc(Br)cc2NC1=O. The van der Waals surface area contributed by atoms with Crippen LogP contribution in [0.5, 0.6) is 0 Å². The van der Waals surface area contributed by atoms with Crippen LogP contribution in [0.25, 0.3) is 0 Å². The highest BCUT2D eigenvalue weighted by Crippen LogP contribution is 2.32. The summed E-state index contributed by atoms with van der Waals surface area (Å²) in [5, 5.41) is 13.5. The number of fused-ring (bicyclic) bond motifs is 1. The molecule has 0 aromatic heterocycles. The molecule has 0 spiro atoms. The Morgan fingerprint density at radius 2 is 2.35 bits per heavy atom. The first kappa shape index (κ1) is 12.3. The van der Waals surface area contributed by atoms with Crippen LogP contribution in [0.15, 0.2) is 27.6 Å². The lowest BCUT2D eigenvalue weighted by Gasteiger charge is -2.11. The second-order valence-corrected chi connectivity index (χ2v) is 5.42. The zero-order chi connectivity index (χ0) is 12.4. The fourth-order valence-electron chi connectivity index (χ4n) is 1.45. The van der Waals surface area contributed by atoms with Crippen molar-refractivity contribution >= 4 is 45.4 Å². The van der Waals surface area contributed by atoms with Crippen molar-refractivity contribution in [3.63, 3.8) is 0 Å². The molecule has 1 aromatic rings. The summed E-state index contributed by atoms with van der Waals surface area (Å²) in [6.07, 6.45) is -1.20. The van der Waals surface area contributed by atoms with Crippen LogP contribution < -0.4 is 10.6 Å². The quantitative estimate of drug-likeness (QED) is 0.741. The van der Waals surface area contributed by atoms with E-state index in [0.717, 1.165) is 9.37 Å². The van der Waals surface area contributed by atoms with Gasteiger partial charge in [0.05, 0.1) is 5.69 Å². The summed E-state index contributed by atoms with van der Waals surface area (Å²) in [6, 6.07) is 4.82. The van der Waals surface area contributed by atoms with Gasteiger partial charge in [-0.3, -0.25) is 4.79 Å². The Morgan fingerprint density at radius 3 is 3.06 bits per heavy atom. The summed E-state index contributed by atoms with van der Waals surface area (Å²) >= 11 is 4.76. The number of carboxylic acid groups (broad SMARTS) is 1. The first-order valence-electron chi connectivity index (χ1n) is 4.79.